The van der Waals surface area contributed by atoms with E-state index in [1.54, 1.807) is 29.9 Å². The van der Waals surface area contributed by atoms with Crippen molar-refractivity contribution >= 4 is 23.5 Å². The first-order valence-corrected chi connectivity index (χ1v) is 11.5. The molecule has 0 fully saturated rings. The van der Waals surface area contributed by atoms with Gasteiger partial charge in [-0.1, -0.05) is 24.3 Å². The van der Waals surface area contributed by atoms with Crippen LogP contribution in [0.1, 0.15) is 52.1 Å². The number of ether oxygens (including phenoxy) is 1. The van der Waals surface area contributed by atoms with Gasteiger partial charge < -0.3 is 10.1 Å². The van der Waals surface area contributed by atoms with Crippen molar-refractivity contribution in [2.24, 2.45) is 7.05 Å². The van der Waals surface area contributed by atoms with E-state index in [1.165, 1.54) is 31.4 Å². The van der Waals surface area contributed by atoms with Crippen molar-refractivity contribution in [3.63, 3.8) is 0 Å². The summed E-state index contributed by atoms with van der Waals surface area (Å²) in [5, 5.41) is 7.24. The number of esters is 1. The van der Waals surface area contributed by atoms with E-state index in [9.17, 15) is 18.4 Å². The number of aryl methyl sites for hydroxylation is 1. The van der Waals surface area contributed by atoms with Crippen LogP contribution < -0.4 is 5.32 Å². The van der Waals surface area contributed by atoms with Crippen LogP contribution in [0.2, 0.25) is 0 Å². The van der Waals surface area contributed by atoms with Gasteiger partial charge in [0.25, 0.3) is 5.91 Å². The van der Waals surface area contributed by atoms with Crippen LogP contribution in [0.4, 0.5) is 8.78 Å². The molecule has 3 aromatic rings. The molecule has 0 saturated heterocycles. The number of benzene rings is 2. The average molecular weight is 480 g/mol. The molecule has 6 nitrogen and oxygen atoms in total. The molecular formula is C27H27F2N3O3. The lowest BCUT2D eigenvalue weighted by molar-refractivity contribution is -0.142. The van der Waals surface area contributed by atoms with Gasteiger partial charge in [-0.15, -0.1) is 0 Å². The second-order valence-corrected chi connectivity index (χ2v) is 8.61. The third-order valence-electron chi connectivity index (χ3n) is 6.12. The number of nitrogens with one attached hydrogen (secondary N) is 1. The molecule has 35 heavy (non-hydrogen) atoms. The maximum absolute atomic E-state index is 13.7. The Hall–Kier alpha value is -3.81. The molecule has 8 heteroatoms. The molecule has 182 valence electrons. The maximum atomic E-state index is 13.7. The number of carbonyl (C=O) groups is 2. The van der Waals surface area contributed by atoms with E-state index >= 15 is 0 Å². The highest BCUT2D eigenvalue weighted by atomic mass is 19.1. The fourth-order valence-electron chi connectivity index (χ4n) is 4.48. The van der Waals surface area contributed by atoms with Crippen LogP contribution in [0.15, 0.2) is 48.5 Å². The largest absolute Gasteiger partial charge is 0.467 e. The van der Waals surface area contributed by atoms with Crippen molar-refractivity contribution in [1.29, 1.82) is 0 Å². The number of allylic oxidation sites excluding steroid dienone is 1. The molecule has 1 heterocycles. The zero-order valence-electron chi connectivity index (χ0n) is 19.7. The van der Waals surface area contributed by atoms with Crippen LogP contribution in [0.3, 0.4) is 0 Å². The summed E-state index contributed by atoms with van der Waals surface area (Å²) in [5.41, 5.74) is 4.29. The Morgan fingerprint density at radius 2 is 1.86 bits per heavy atom. The number of halogens is 2. The summed E-state index contributed by atoms with van der Waals surface area (Å²) in [7, 11) is 3.03. The molecule has 1 aliphatic carbocycles. The predicted octanol–water partition coefficient (Wildman–Crippen LogP) is 4.48. The first-order valence-electron chi connectivity index (χ1n) is 11.5. The SMILES string of the molecule is COC(=O)[C@H](Cc1ccc(F)cc1)NC(=O)c1nn(C)c2c1CCCCC2=Cc1cccc(F)c1. The van der Waals surface area contributed by atoms with E-state index in [-0.39, 0.29) is 23.7 Å². The van der Waals surface area contributed by atoms with E-state index in [0.717, 1.165) is 41.7 Å². The van der Waals surface area contributed by atoms with Gasteiger partial charge in [0.1, 0.15) is 17.7 Å². The van der Waals surface area contributed by atoms with Crippen molar-refractivity contribution in [3.05, 3.63) is 88.2 Å². The normalized spacial score (nSPS) is 15.3. The molecule has 1 aromatic heterocycles. The van der Waals surface area contributed by atoms with Gasteiger partial charge in [0.05, 0.1) is 12.8 Å². The standard InChI is InChI=1S/C27H27F2N3O3/c1-32-25-19(14-18-6-5-8-21(29)15-18)7-3-4-9-22(25)24(31-32)26(33)30-23(27(34)35-2)16-17-10-12-20(28)13-11-17/h5-6,8,10-15,23H,3-4,7,9,16H2,1-2H3,(H,30,33)/t23-/m0/s1. The molecule has 0 spiro atoms. The molecule has 0 aliphatic heterocycles. The number of rotatable bonds is 6. The van der Waals surface area contributed by atoms with Crippen molar-refractivity contribution in [3.8, 4) is 0 Å². The minimum absolute atomic E-state index is 0.151. The van der Waals surface area contributed by atoms with Gasteiger partial charge in [-0.25, -0.2) is 13.6 Å². The maximum Gasteiger partial charge on any atom is 0.328 e. The molecule has 0 unspecified atom stereocenters. The molecule has 4 rings (SSSR count). The Labute approximate surface area is 202 Å². The Balaban J connectivity index is 1.64. The third kappa shape index (κ3) is 5.65. The number of amides is 1. The smallest absolute Gasteiger partial charge is 0.328 e. The molecule has 0 bridgehead atoms. The lowest BCUT2D eigenvalue weighted by atomic mass is 10.0. The van der Waals surface area contributed by atoms with E-state index in [1.807, 2.05) is 12.1 Å². The van der Waals surface area contributed by atoms with Crippen LogP contribution >= 0.6 is 0 Å². The van der Waals surface area contributed by atoms with Gasteiger partial charge in [0.15, 0.2) is 5.69 Å². The van der Waals surface area contributed by atoms with Gasteiger partial charge in [-0.3, -0.25) is 9.48 Å². The van der Waals surface area contributed by atoms with Crippen LogP contribution in [-0.4, -0.2) is 34.8 Å². The molecule has 0 saturated carbocycles. The van der Waals surface area contributed by atoms with Crippen molar-refractivity contribution in [1.82, 2.24) is 15.1 Å². The van der Waals surface area contributed by atoms with Crippen LogP contribution in [0, 0.1) is 11.6 Å². The molecule has 1 amide bonds. The van der Waals surface area contributed by atoms with Crippen LogP contribution in [0.5, 0.6) is 0 Å². The highest BCUT2D eigenvalue weighted by Crippen LogP contribution is 2.33. The van der Waals surface area contributed by atoms with Crippen LogP contribution in [0.25, 0.3) is 11.6 Å². The fraction of sp³-hybridized carbons (Fsp3) is 0.296. The Kier molecular flexibility index (Phi) is 7.39. The minimum atomic E-state index is -0.955. The second kappa shape index (κ2) is 10.6. The van der Waals surface area contributed by atoms with Crippen LogP contribution in [-0.2, 0) is 29.4 Å². The number of hydrogen-bond acceptors (Lipinski definition) is 4. The van der Waals surface area contributed by atoms with Gasteiger partial charge in [-0.2, -0.15) is 5.10 Å². The zero-order chi connectivity index (χ0) is 24.9. The summed E-state index contributed by atoms with van der Waals surface area (Å²) in [6, 6.07) is 11.1. The summed E-state index contributed by atoms with van der Waals surface area (Å²) in [4.78, 5) is 25.7. The quantitative estimate of drug-likeness (QED) is 0.418. The van der Waals surface area contributed by atoms with Gasteiger partial charge in [0, 0.05) is 19.0 Å². The highest BCUT2D eigenvalue weighted by molar-refractivity contribution is 5.98. The molecule has 2 aromatic carbocycles. The number of fused-ring (bicyclic) bond motifs is 1. The van der Waals surface area contributed by atoms with E-state index < -0.39 is 17.9 Å². The first-order chi connectivity index (χ1) is 16.9. The second-order valence-electron chi connectivity index (χ2n) is 8.61. The number of aromatic nitrogens is 2. The molecule has 1 aliphatic rings. The average Bonchev–Trinajstić information content (AvgIpc) is 3.03. The van der Waals surface area contributed by atoms with Crippen molar-refractivity contribution in [2.45, 2.75) is 38.1 Å². The summed E-state index contributed by atoms with van der Waals surface area (Å²) >= 11 is 0. The molecule has 1 N–H and O–H groups in total. The lowest BCUT2D eigenvalue weighted by Crippen LogP contribution is -2.43. The minimum Gasteiger partial charge on any atom is -0.467 e. The Morgan fingerprint density at radius 3 is 2.57 bits per heavy atom. The van der Waals surface area contributed by atoms with E-state index in [4.69, 9.17) is 4.74 Å². The number of carbonyl (C=O) groups excluding carboxylic acids is 2. The Bertz CT molecular complexity index is 1270. The third-order valence-corrected chi connectivity index (χ3v) is 6.12. The fourth-order valence-corrected chi connectivity index (χ4v) is 4.48. The summed E-state index contributed by atoms with van der Waals surface area (Å²) in [6.07, 6.45) is 5.31. The monoisotopic (exact) mass is 479 g/mol. The summed E-state index contributed by atoms with van der Waals surface area (Å²) in [6.45, 7) is 0. The number of nitrogens with zero attached hydrogens (tertiary/aromatic N) is 2. The molecule has 0 radical (unpaired) electrons. The van der Waals surface area contributed by atoms with Gasteiger partial charge >= 0.3 is 5.97 Å². The number of hydrogen-bond donors (Lipinski definition) is 1. The van der Waals surface area contributed by atoms with Crippen molar-refractivity contribution < 1.29 is 23.1 Å². The zero-order valence-corrected chi connectivity index (χ0v) is 19.7. The molecule has 1 atom stereocenters. The summed E-state index contributed by atoms with van der Waals surface area (Å²) in [5.74, 6) is -1.78. The first kappa shape index (κ1) is 24.3. The predicted molar refractivity (Wildman–Crippen MR) is 128 cm³/mol. The van der Waals surface area contributed by atoms with E-state index in [0.29, 0.717) is 12.0 Å². The number of methoxy groups -OCH3 is 1. The van der Waals surface area contributed by atoms with Gasteiger partial charge in [-0.05, 0) is 72.7 Å². The van der Waals surface area contributed by atoms with Crippen molar-refractivity contribution in [2.75, 3.05) is 7.11 Å². The summed E-state index contributed by atoms with van der Waals surface area (Å²) < 4.78 is 33.5. The van der Waals surface area contributed by atoms with E-state index in [2.05, 4.69) is 10.4 Å². The Morgan fingerprint density at radius 1 is 1.11 bits per heavy atom. The molecular weight excluding hydrogens is 452 g/mol. The highest BCUT2D eigenvalue weighted by Gasteiger charge is 2.29. The topological polar surface area (TPSA) is 73.2 Å². The lowest BCUT2D eigenvalue weighted by Gasteiger charge is -2.16. The van der Waals surface area contributed by atoms with Gasteiger partial charge in [0.2, 0.25) is 0 Å².